The van der Waals surface area contributed by atoms with E-state index >= 15 is 0 Å². The molecule has 5 atom stereocenters. The lowest BCUT2D eigenvalue weighted by Gasteiger charge is -2.49. The predicted octanol–water partition coefficient (Wildman–Crippen LogP) is 6.28. The molecule has 0 N–H and O–H groups in total. The summed E-state index contributed by atoms with van der Waals surface area (Å²) in [6, 6.07) is 15.2. The van der Waals surface area contributed by atoms with Crippen molar-refractivity contribution in [2.24, 2.45) is 11.3 Å². The van der Waals surface area contributed by atoms with Crippen molar-refractivity contribution in [1.29, 1.82) is 0 Å². The first kappa shape index (κ1) is 26.0. The van der Waals surface area contributed by atoms with Crippen LogP contribution in [0.2, 0.25) is 10.0 Å². The van der Waals surface area contributed by atoms with Gasteiger partial charge in [-0.25, -0.2) is 12.7 Å². The van der Waals surface area contributed by atoms with Crippen molar-refractivity contribution in [3.05, 3.63) is 69.7 Å². The SMILES string of the molecule is CC[C@@H](CN(C)S(=O)(=O)C1CC1)N1C(=O)[C@]2(CC2C)C[C@H](c2cccc(Cl)c2)[C@H]1c1ccc(Cl)cc1. The van der Waals surface area contributed by atoms with E-state index in [4.69, 9.17) is 23.2 Å². The van der Waals surface area contributed by atoms with Crippen LogP contribution < -0.4 is 0 Å². The highest BCUT2D eigenvalue weighted by atomic mass is 35.5. The van der Waals surface area contributed by atoms with Crippen molar-refractivity contribution in [2.75, 3.05) is 13.6 Å². The number of rotatable bonds is 8. The van der Waals surface area contributed by atoms with Crippen LogP contribution in [0.1, 0.15) is 69.0 Å². The Balaban J connectivity index is 1.60. The first-order valence-corrected chi connectivity index (χ1v) is 15.1. The molecule has 3 fully saturated rings. The Labute approximate surface area is 224 Å². The van der Waals surface area contributed by atoms with Crippen LogP contribution >= 0.6 is 23.2 Å². The van der Waals surface area contributed by atoms with Crippen molar-refractivity contribution >= 4 is 39.1 Å². The van der Waals surface area contributed by atoms with Gasteiger partial charge in [0, 0.05) is 35.6 Å². The predicted molar refractivity (Wildman–Crippen MR) is 145 cm³/mol. The molecular weight excluding hydrogens is 515 g/mol. The van der Waals surface area contributed by atoms with Gasteiger partial charge in [-0.05, 0) is 73.4 Å². The lowest BCUT2D eigenvalue weighted by atomic mass is 9.73. The second-order valence-electron chi connectivity index (χ2n) is 10.9. The van der Waals surface area contributed by atoms with E-state index in [2.05, 4.69) is 13.0 Å². The number of carbonyl (C=O) groups is 1. The third-order valence-electron chi connectivity index (χ3n) is 8.58. The second kappa shape index (κ2) is 9.61. The quantitative estimate of drug-likeness (QED) is 0.390. The highest BCUT2D eigenvalue weighted by Gasteiger charge is 2.64. The standard InChI is InChI=1S/C28H34Cl2N2O3S/c1-4-23(17-31(3)36(34,35)24-12-13-24)32-26(19-8-10-21(29)11-9-19)25(20-6-5-7-22(30)14-20)16-28(27(32)33)15-18(28)2/h5-11,14,18,23-26H,4,12-13,15-17H2,1-3H3/t18?,23-,25+,26+,28+/m0/s1. The third kappa shape index (κ3) is 4.59. The van der Waals surface area contributed by atoms with Gasteiger partial charge in [0.25, 0.3) is 0 Å². The zero-order chi connectivity index (χ0) is 25.8. The fraction of sp³-hybridized carbons (Fsp3) is 0.536. The molecule has 194 valence electrons. The first-order chi connectivity index (χ1) is 17.1. The summed E-state index contributed by atoms with van der Waals surface area (Å²) in [6.45, 7) is 4.48. The number of sulfonamides is 1. The number of halogens is 2. The maximum Gasteiger partial charge on any atom is 0.229 e. The van der Waals surface area contributed by atoms with Crippen molar-refractivity contribution < 1.29 is 13.2 Å². The Morgan fingerprint density at radius 1 is 1.06 bits per heavy atom. The molecule has 0 radical (unpaired) electrons. The van der Waals surface area contributed by atoms with E-state index in [1.54, 1.807) is 7.05 Å². The number of nitrogens with zero attached hydrogens (tertiary/aromatic N) is 2. The molecule has 3 aliphatic rings. The maximum atomic E-state index is 14.3. The summed E-state index contributed by atoms with van der Waals surface area (Å²) < 4.78 is 27.5. The normalized spacial score (nSPS) is 29.1. The number of amides is 1. The van der Waals surface area contributed by atoms with Crippen molar-refractivity contribution in [2.45, 2.75) is 69.2 Å². The minimum Gasteiger partial charge on any atom is -0.330 e. The molecule has 1 heterocycles. The average Bonchev–Trinajstić information content (AvgIpc) is 3.77. The summed E-state index contributed by atoms with van der Waals surface area (Å²) in [5, 5.41) is 1.03. The van der Waals surface area contributed by atoms with E-state index in [-0.39, 0.29) is 35.7 Å². The van der Waals surface area contributed by atoms with Gasteiger partial charge in [0.1, 0.15) is 0 Å². The minimum atomic E-state index is -3.35. The minimum absolute atomic E-state index is 0.0342. The van der Waals surface area contributed by atoms with Gasteiger partial charge >= 0.3 is 0 Å². The molecule has 0 aromatic heterocycles. The lowest BCUT2D eigenvalue weighted by molar-refractivity contribution is -0.150. The van der Waals surface area contributed by atoms with Gasteiger partial charge in [-0.15, -0.1) is 0 Å². The van der Waals surface area contributed by atoms with Crippen LogP contribution in [-0.2, 0) is 14.8 Å². The summed E-state index contributed by atoms with van der Waals surface area (Å²) in [4.78, 5) is 16.3. The second-order valence-corrected chi connectivity index (χ2v) is 14.1. The summed E-state index contributed by atoms with van der Waals surface area (Å²) in [7, 11) is -1.69. The smallest absolute Gasteiger partial charge is 0.229 e. The van der Waals surface area contributed by atoms with E-state index in [0.717, 1.165) is 36.8 Å². The first-order valence-electron chi connectivity index (χ1n) is 12.9. The van der Waals surface area contributed by atoms with E-state index in [1.165, 1.54) is 4.31 Å². The zero-order valence-electron chi connectivity index (χ0n) is 21.0. The highest BCUT2D eigenvalue weighted by molar-refractivity contribution is 7.90. The van der Waals surface area contributed by atoms with E-state index < -0.39 is 15.4 Å². The monoisotopic (exact) mass is 548 g/mol. The molecule has 2 aromatic rings. The van der Waals surface area contributed by atoms with Gasteiger partial charge in [-0.1, -0.05) is 61.3 Å². The van der Waals surface area contributed by atoms with Crippen LogP contribution in [0.25, 0.3) is 0 Å². The number of hydrogen-bond donors (Lipinski definition) is 0. The number of likely N-dealkylation sites (tertiary alicyclic amines) is 1. The molecule has 1 saturated heterocycles. The van der Waals surface area contributed by atoms with Crippen molar-refractivity contribution in [3.63, 3.8) is 0 Å². The summed E-state index contributed by atoms with van der Waals surface area (Å²) in [5.74, 6) is 0.481. The zero-order valence-corrected chi connectivity index (χ0v) is 23.4. The van der Waals surface area contributed by atoms with Gasteiger partial charge in [0.2, 0.25) is 15.9 Å². The Bertz CT molecular complexity index is 1250. The number of benzene rings is 2. The number of carbonyl (C=O) groups excluding carboxylic acids is 1. The maximum absolute atomic E-state index is 14.3. The lowest BCUT2D eigenvalue weighted by Crippen LogP contribution is -2.56. The largest absolute Gasteiger partial charge is 0.330 e. The van der Waals surface area contributed by atoms with Crippen molar-refractivity contribution in [1.82, 2.24) is 9.21 Å². The van der Waals surface area contributed by atoms with Gasteiger partial charge in [0.15, 0.2) is 0 Å². The fourth-order valence-electron chi connectivity index (χ4n) is 6.16. The van der Waals surface area contributed by atoms with Crippen LogP contribution in [0.5, 0.6) is 0 Å². The average molecular weight is 550 g/mol. The molecule has 0 bridgehead atoms. The Kier molecular flexibility index (Phi) is 6.95. The van der Waals surface area contributed by atoms with Crippen LogP contribution in [0.3, 0.4) is 0 Å². The topological polar surface area (TPSA) is 57.7 Å². The van der Waals surface area contributed by atoms with Crippen LogP contribution in [-0.4, -0.2) is 48.4 Å². The van der Waals surface area contributed by atoms with E-state index in [1.807, 2.05) is 54.3 Å². The number of piperidine rings is 1. The van der Waals surface area contributed by atoms with Gasteiger partial charge in [0.05, 0.1) is 16.7 Å². The fourth-order valence-corrected chi connectivity index (χ4v) is 8.10. The molecule has 1 unspecified atom stereocenters. The van der Waals surface area contributed by atoms with Gasteiger partial charge in [-0.3, -0.25) is 4.79 Å². The number of likely N-dealkylation sites (N-methyl/N-ethyl adjacent to an activating group) is 1. The summed E-state index contributed by atoms with van der Waals surface area (Å²) >= 11 is 12.7. The Hall–Kier alpha value is -1.60. The summed E-state index contributed by atoms with van der Waals surface area (Å²) in [5.41, 5.74) is 1.70. The molecule has 1 amide bonds. The summed E-state index contributed by atoms with van der Waals surface area (Å²) in [6.07, 6.45) is 3.71. The van der Waals surface area contributed by atoms with E-state index in [9.17, 15) is 13.2 Å². The molecule has 2 aromatic carbocycles. The van der Waals surface area contributed by atoms with Crippen LogP contribution in [0.15, 0.2) is 48.5 Å². The molecule has 8 heteroatoms. The van der Waals surface area contributed by atoms with E-state index in [0.29, 0.717) is 22.4 Å². The molecule has 2 aliphatic carbocycles. The molecule has 5 rings (SSSR count). The van der Waals surface area contributed by atoms with Crippen LogP contribution in [0, 0.1) is 11.3 Å². The van der Waals surface area contributed by atoms with Gasteiger partial charge in [-0.2, -0.15) is 0 Å². The van der Waals surface area contributed by atoms with Gasteiger partial charge < -0.3 is 4.90 Å². The molecular formula is C28H34Cl2N2O3S. The molecule has 1 aliphatic heterocycles. The molecule has 2 saturated carbocycles. The Morgan fingerprint density at radius 2 is 1.72 bits per heavy atom. The third-order valence-corrected chi connectivity index (χ3v) is 11.4. The highest BCUT2D eigenvalue weighted by Crippen LogP contribution is 2.64. The Morgan fingerprint density at radius 3 is 2.28 bits per heavy atom. The van der Waals surface area contributed by atoms with Crippen LogP contribution in [0.4, 0.5) is 0 Å². The molecule has 1 spiro atoms. The van der Waals surface area contributed by atoms with Crippen molar-refractivity contribution in [3.8, 4) is 0 Å². The molecule has 5 nitrogen and oxygen atoms in total. The molecule has 36 heavy (non-hydrogen) atoms. The number of hydrogen-bond acceptors (Lipinski definition) is 3.